The van der Waals surface area contributed by atoms with Crippen LogP contribution < -0.4 is 9.62 Å². The van der Waals surface area contributed by atoms with Gasteiger partial charge in [-0.05, 0) is 66.8 Å². The van der Waals surface area contributed by atoms with Crippen LogP contribution in [-0.4, -0.2) is 50.0 Å². The molecule has 0 unspecified atom stereocenters. The number of nitrogens with zero attached hydrogens (tertiary/aromatic N) is 2. The topological polar surface area (TPSA) is 86.8 Å². The summed E-state index contributed by atoms with van der Waals surface area (Å²) in [4.78, 5) is 29.3. The van der Waals surface area contributed by atoms with E-state index in [2.05, 4.69) is 21.2 Å². The van der Waals surface area contributed by atoms with Crippen molar-refractivity contribution in [2.75, 3.05) is 17.1 Å². The van der Waals surface area contributed by atoms with E-state index >= 15 is 0 Å². The molecule has 1 saturated carbocycles. The van der Waals surface area contributed by atoms with Crippen molar-refractivity contribution in [1.82, 2.24) is 10.2 Å². The van der Waals surface area contributed by atoms with E-state index in [1.54, 1.807) is 4.90 Å². The fraction of sp³-hybridized carbons (Fsp3) is 0.375. The van der Waals surface area contributed by atoms with Crippen molar-refractivity contribution in [3.8, 4) is 0 Å². The number of halogens is 2. The summed E-state index contributed by atoms with van der Waals surface area (Å²) in [7, 11) is -3.67. The van der Waals surface area contributed by atoms with Crippen molar-refractivity contribution in [2.45, 2.75) is 63.6 Å². The lowest BCUT2D eigenvalue weighted by Crippen LogP contribution is -2.52. The highest BCUT2D eigenvalue weighted by Gasteiger charge is 2.32. The molecule has 0 saturated heterocycles. The second-order valence-electron chi connectivity index (χ2n) is 10.8. The van der Waals surface area contributed by atoms with Crippen molar-refractivity contribution in [2.24, 2.45) is 0 Å². The highest BCUT2D eigenvalue weighted by Crippen LogP contribution is 2.23. The van der Waals surface area contributed by atoms with E-state index in [9.17, 15) is 22.4 Å². The minimum Gasteiger partial charge on any atom is -0.352 e. The molecule has 3 aromatic rings. The number of carbonyl (C=O) groups excluding carboxylic acids is 2. The van der Waals surface area contributed by atoms with Gasteiger partial charge in [0.25, 0.3) is 0 Å². The van der Waals surface area contributed by atoms with Gasteiger partial charge in [-0.2, -0.15) is 0 Å². The molecule has 224 valence electrons. The van der Waals surface area contributed by atoms with Crippen LogP contribution in [0, 0.1) is 5.82 Å². The molecule has 1 N–H and O–H groups in total. The van der Waals surface area contributed by atoms with Crippen LogP contribution in [-0.2, 0) is 32.6 Å². The smallest absolute Gasteiger partial charge is 0.243 e. The van der Waals surface area contributed by atoms with Crippen molar-refractivity contribution in [3.05, 3.63) is 100 Å². The summed E-state index contributed by atoms with van der Waals surface area (Å²) in [5, 5.41) is 3.19. The fourth-order valence-corrected chi connectivity index (χ4v) is 6.55. The van der Waals surface area contributed by atoms with Crippen LogP contribution in [0.1, 0.15) is 49.7 Å². The third-order valence-corrected chi connectivity index (χ3v) is 9.23. The van der Waals surface area contributed by atoms with Crippen LogP contribution in [0.5, 0.6) is 0 Å². The normalized spacial score (nSPS) is 14.4. The number of sulfonamides is 1. The first-order valence-corrected chi connectivity index (χ1v) is 16.9. The Bertz CT molecular complexity index is 1430. The zero-order valence-corrected chi connectivity index (χ0v) is 26.1. The molecule has 0 heterocycles. The van der Waals surface area contributed by atoms with Gasteiger partial charge in [0, 0.05) is 36.4 Å². The highest BCUT2D eigenvalue weighted by molar-refractivity contribution is 9.10. The van der Waals surface area contributed by atoms with Crippen molar-refractivity contribution >= 4 is 43.5 Å². The van der Waals surface area contributed by atoms with Crippen LogP contribution in [0.15, 0.2) is 83.3 Å². The molecule has 3 aromatic carbocycles. The molecule has 0 spiro atoms. The Morgan fingerprint density at radius 3 is 2.21 bits per heavy atom. The van der Waals surface area contributed by atoms with Crippen LogP contribution >= 0.6 is 15.9 Å². The van der Waals surface area contributed by atoms with Crippen molar-refractivity contribution < 1.29 is 22.4 Å². The lowest BCUT2D eigenvalue weighted by molar-refractivity contribution is -0.141. The van der Waals surface area contributed by atoms with E-state index in [1.165, 1.54) is 28.6 Å². The van der Waals surface area contributed by atoms with Gasteiger partial charge in [-0.15, -0.1) is 0 Å². The third-order valence-electron chi connectivity index (χ3n) is 7.51. The molecule has 0 aromatic heterocycles. The number of anilines is 1. The molecule has 2 amide bonds. The quantitative estimate of drug-likeness (QED) is 0.251. The van der Waals surface area contributed by atoms with Crippen LogP contribution in [0.3, 0.4) is 0 Å². The molecule has 7 nitrogen and oxygen atoms in total. The Morgan fingerprint density at radius 2 is 1.60 bits per heavy atom. The first-order chi connectivity index (χ1) is 20.1. The molecule has 42 heavy (non-hydrogen) atoms. The fourth-order valence-electron chi connectivity index (χ4n) is 5.32. The molecule has 0 bridgehead atoms. The van der Waals surface area contributed by atoms with E-state index < -0.39 is 21.9 Å². The van der Waals surface area contributed by atoms with Gasteiger partial charge in [0.1, 0.15) is 11.9 Å². The largest absolute Gasteiger partial charge is 0.352 e. The van der Waals surface area contributed by atoms with Gasteiger partial charge in [-0.3, -0.25) is 13.9 Å². The minimum atomic E-state index is -3.67. The maximum Gasteiger partial charge on any atom is 0.243 e. The Balaban J connectivity index is 1.57. The molecule has 1 fully saturated rings. The van der Waals surface area contributed by atoms with Gasteiger partial charge in [0.05, 0.1) is 11.9 Å². The van der Waals surface area contributed by atoms with Crippen LogP contribution in [0.4, 0.5) is 10.1 Å². The molecule has 0 aliphatic heterocycles. The molecular formula is C32H37BrFN3O4S. The summed E-state index contributed by atoms with van der Waals surface area (Å²) in [5.74, 6) is -0.889. The summed E-state index contributed by atoms with van der Waals surface area (Å²) in [5.41, 5.74) is 2.15. The van der Waals surface area contributed by atoms with E-state index in [4.69, 9.17) is 0 Å². The van der Waals surface area contributed by atoms with Gasteiger partial charge in [-0.1, -0.05) is 71.2 Å². The second kappa shape index (κ2) is 14.8. The van der Waals surface area contributed by atoms with Gasteiger partial charge in [-0.25, -0.2) is 12.8 Å². The summed E-state index contributed by atoms with van der Waals surface area (Å²) >= 11 is 3.45. The highest BCUT2D eigenvalue weighted by atomic mass is 79.9. The van der Waals surface area contributed by atoms with Gasteiger partial charge < -0.3 is 10.2 Å². The Hall–Kier alpha value is -3.24. The Morgan fingerprint density at radius 1 is 0.952 bits per heavy atom. The number of carbonyl (C=O) groups is 2. The van der Waals surface area contributed by atoms with Gasteiger partial charge in [0.2, 0.25) is 21.8 Å². The van der Waals surface area contributed by atoms with Crippen molar-refractivity contribution in [3.63, 3.8) is 0 Å². The summed E-state index contributed by atoms with van der Waals surface area (Å²) < 4.78 is 40.6. The molecule has 1 aliphatic carbocycles. The third kappa shape index (κ3) is 9.13. The lowest BCUT2D eigenvalue weighted by Gasteiger charge is -2.33. The number of rotatable bonds is 13. The lowest BCUT2D eigenvalue weighted by atomic mass is 10.0. The molecule has 0 radical (unpaired) electrons. The maximum atomic E-state index is 13.9. The monoisotopic (exact) mass is 657 g/mol. The SMILES string of the molecule is CS(=O)(=O)N(CCCC(=O)N(Cc1ccc(Br)cc1)[C@H](Cc1ccccc1)C(=O)NC1CCCC1)c1ccc(F)cc1. The first kappa shape index (κ1) is 31.7. The van der Waals surface area contributed by atoms with E-state index in [1.807, 2.05) is 54.6 Å². The van der Waals surface area contributed by atoms with Crippen LogP contribution in [0.25, 0.3) is 0 Å². The van der Waals surface area contributed by atoms with E-state index in [-0.39, 0.29) is 43.8 Å². The molecule has 1 atom stereocenters. The number of nitrogens with one attached hydrogen (secondary N) is 1. The van der Waals surface area contributed by atoms with Gasteiger partial charge >= 0.3 is 0 Å². The zero-order valence-electron chi connectivity index (χ0n) is 23.7. The van der Waals surface area contributed by atoms with Crippen LogP contribution in [0.2, 0.25) is 0 Å². The predicted molar refractivity (Wildman–Crippen MR) is 167 cm³/mol. The van der Waals surface area contributed by atoms with E-state index in [0.717, 1.165) is 47.5 Å². The molecule has 10 heteroatoms. The summed E-state index contributed by atoms with van der Waals surface area (Å²) in [6.07, 6.45) is 5.69. The first-order valence-electron chi connectivity index (χ1n) is 14.2. The summed E-state index contributed by atoms with van der Waals surface area (Å²) in [6, 6.07) is 21.8. The molecule has 4 rings (SSSR count). The number of amides is 2. The maximum absolute atomic E-state index is 13.9. The average molecular weight is 659 g/mol. The number of benzene rings is 3. The average Bonchev–Trinajstić information content (AvgIpc) is 3.47. The Labute approximate surface area is 256 Å². The summed E-state index contributed by atoms with van der Waals surface area (Å²) in [6.45, 7) is 0.273. The Kier molecular flexibility index (Phi) is 11.2. The zero-order chi connectivity index (χ0) is 30.1. The predicted octanol–water partition coefficient (Wildman–Crippen LogP) is 5.83. The van der Waals surface area contributed by atoms with Crippen molar-refractivity contribution in [1.29, 1.82) is 0 Å². The van der Waals surface area contributed by atoms with E-state index in [0.29, 0.717) is 12.1 Å². The molecule has 1 aliphatic rings. The van der Waals surface area contributed by atoms with Gasteiger partial charge in [0.15, 0.2) is 0 Å². The number of hydrogen-bond acceptors (Lipinski definition) is 4. The minimum absolute atomic E-state index is 0.0335. The standard InChI is InChI=1S/C32H37BrFN3O4S/c1-42(40,41)37(29-19-17-27(34)18-20-29)21-7-12-31(38)36(23-25-13-15-26(33)16-14-25)30(22-24-8-3-2-4-9-24)32(39)35-28-10-5-6-11-28/h2-4,8-9,13-20,28,30H,5-7,10-12,21-23H2,1H3,(H,35,39)/t30-/m1/s1. The number of hydrogen-bond donors (Lipinski definition) is 1. The molecular weight excluding hydrogens is 621 g/mol. The second-order valence-corrected chi connectivity index (χ2v) is 13.6.